The highest BCUT2D eigenvalue weighted by molar-refractivity contribution is 5.76. The van der Waals surface area contributed by atoms with Crippen LogP contribution >= 0.6 is 0 Å². The lowest BCUT2D eigenvalue weighted by atomic mass is 10.0. The second-order valence-electron chi connectivity index (χ2n) is 4.78. The van der Waals surface area contributed by atoms with E-state index in [1.807, 2.05) is 0 Å². The van der Waals surface area contributed by atoms with E-state index < -0.39 is 17.2 Å². The summed E-state index contributed by atoms with van der Waals surface area (Å²) in [5, 5.41) is 8.60. The molecule has 0 aliphatic rings. The van der Waals surface area contributed by atoms with Gasteiger partial charge in [0.2, 0.25) is 0 Å². The Bertz CT molecular complexity index is 396. The first-order valence-corrected chi connectivity index (χ1v) is 5.10. The summed E-state index contributed by atoms with van der Waals surface area (Å²) in [6.07, 6.45) is 1.13. The third-order valence-corrected chi connectivity index (χ3v) is 1.90. The van der Waals surface area contributed by atoms with Crippen LogP contribution in [0, 0.1) is 0 Å². The third kappa shape index (κ3) is 3.54. The van der Waals surface area contributed by atoms with E-state index in [1.165, 1.54) is 13.3 Å². The molecule has 94 valence electrons. The molecule has 1 aromatic rings. The number of aromatic amines is 1. The Morgan fingerprint density at radius 1 is 1.47 bits per heavy atom. The van der Waals surface area contributed by atoms with Crippen LogP contribution < -0.4 is 5.32 Å². The van der Waals surface area contributed by atoms with Gasteiger partial charge in [0.05, 0.1) is 0 Å². The lowest BCUT2D eigenvalue weighted by Gasteiger charge is -2.25. The van der Waals surface area contributed by atoms with Gasteiger partial charge in [-0.25, -0.2) is 9.78 Å². The molecule has 0 aliphatic heterocycles. The van der Waals surface area contributed by atoms with Crippen molar-refractivity contribution in [1.29, 1.82) is 0 Å². The van der Waals surface area contributed by atoms with Crippen molar-refractivity contribution in [3.8, 4) is 0 Å². The normalized spacial score (nSPS) is 14.8. The van der Waals surface area contributed by atoms with Gasteiger partial charge < -0.3 is 14.8 Å². The van der Waals surface area contributed by atoms with Crippen LogP contribution in [0.5, 0.6) is 0 Å². The van der Waals surface area contributed by atoms with Gasteiger partial charge in [0.1, 0.15) is 11.9 Å². The minimum absolute atomic E-state index is 0.248. The highest BCUT2D eigenvalue weighted by Gasteiger charge is 2.33. The standard InChI is InChI=1S/C10H16N4O3/c1-9(2,3)17-8(16)13-10(4,5-15)7-11-6-12-14-7/h5-6H,1-4H3,(H,13,16)(H,11,12,14). The Kier molecular flexibility index (Phi) is 3.50. The maximum absolute atomic E-state index is 11.6. The Balaban J connectivity index is 2.77. The molecule has 0 radical (unpaired) electrons. The average molecular weight is 240 g/mol. The molecule has 1 unspecified atom stereocenters. The SMILES string of the molecule is CC(C)(C)OC(=O)NC(C)(C=O)c1ncn[nH]1. The maximum Gasteiger partial charge on any atom is 0.408 e. The minimum atomic E-state index is -1.28. The molecular weight excluding hydrogens is 224 g/mol. The fraction of sp³-hybridized carbons (Fsp3) is 0.600. The van der Waals surface area contributed by atoms with Crippen LogP contribution in [-0.2, 0) is 15.1 Å². The first kappa shape index (κ1) is 13.1. The fourth-order valence-electron chi connectivity index (χ4n) is 1.12. The molecule has 7 heteroatoms. The zero-order valence-electron chi connectivity index (χ0n) is 10.3. The molecule has 0 saturated heterocycles. The van der Waals surface area contributed by atoms with E-state index >= 15 is 0 Å². The van der Waals surface area contributed by atoms with Crippen molar-refractivity contribution in [2.75, 3.05) is 0 Å². The molecule has 0 saturated carbocycles. The molecule has 0 spiro atoms. The first-order chi connectivity index (χ1) is 7.77. The molecule has 2 N–H and O–H groups in total. The number of aromatic nitrogens is 3. The minimum Gasteiger partial charge on any atom is -0.444 e. The number of hydrogen-bond donors (Lipinski definition) is 2. The second kappa shape index (κ2) is 4.52. The third-order valence-electron chi connectivity index (χ3n) is 1.90. The number of carbonyl (C=O) groups excluding carboxylic acids is 2. The van der Waals surface area contributed by atoms with Gasteiger partial charge in [-0.05, 0) is 27.7 Å². The lowest BCUT2D eigenvalue weighted by molar-refractivity contribution is -0.113. The quantitative estimate of drug-likeness (QED) is 0.759. The maximum atomic E-state index is 11.6. The number of amides is 1. The van der Waals surface area contributed by atoms with E-state index in [0.29, 0.717) is 6.29 Å². The zero-order valence-corrected chi connectivity index (χ0v) is 10.3. The summed E-state index contributed by atoms with van der Waals surface area (Å²) < 4.78 is 5.06. The number of carbonyl (C=O) groups is 2. The summed E-state index contributed by atoms with van der Waals surface area (Å²) in [5.41, 5.74) is -1.91. The van der Waals surface area contributed by atoms with Crippen LogP contribution in [0.2, 0.25) is 0 Å². The molecule has 7 nitrogen and oxygen atoms in total. The Morgan fingerprint density at radius 2 is 2.12 bits per heavy atom. The largest absolute Gasteiger partial charge is 0.444 e. The van der Waals surface area contributed by atoms with Crippen LogP contribution in [-0.4, -0.2) is 33.2 Å². The van der Waals surface area contributed by atoms with Crippen LogP contribution in [0.4, 0.5) is 4.79 Å². The Morgan fingerprint density at radius 3 is 2.53 bits per heavy atom. The smallest absolute Gasteiger partial charge is 0.408 e. The lowest BCUT2D eigenvalue weighted by Crippen LogP contribution is -2.47. The highest BCUT2D eigenvalue weighted by Crippen LogP contribution is 2.14. The Hall–Kier alpha value is -1.92. The van der Waals surface area contributed by atoms with Gasteiger partial charge in [0, 0.05) is 0 Å². The van der Waals surface area contributed by atoms with Gasteiger partial charge in [-0.2, -0.15) is 5.10 Å². The molecule has 1 rings (SSSR count). The molecule has 1 amide bonds. The number of rotatable bonds is 3. The van der Waals surface area contributed by atoms with Gasteiger partial charge >= 0.3 is 6.09 Å². The molecular formula is C10H16N4O3. The number of H-pyrrole nitrogens is 1. The van der Waals surface area contributed by atoms with Crippen LogP contribution in [0.3, 0.4) is 0 Å². The molecule has 0 aliphatic carbocycles. The van der Waals surface area contributed by atoms with Gasteiger partial charge in [-0.3, -0.25) is 5.10 Å². The number of nitrogens with zero attached hydrogens (tertiary/aromatic N) is 2. The van der Waals surface area contributed by atoms with Gasteiger partial charge in [-0.1, -0.05) is 0 Å². The van der Waals surface area contributed by atoms with Gasteiger partial charge in [-0.15, -0.1) is 0 Å². The van der Waals surface area contributed by atoms with E-state index in [0.717, 1.165) is 0 Å². The fourth-order valence-corrected chi connectivity index (χ4v) is 1.12. The van der Waals surface area contributed by atoms with Crippen LogP contribution in [0.1, 0.15) is 33.5 Å². The van der Waals surface area contributed by atoms with Gasteiger partial charge in [0.15, 0.2) is 17.6 Å². The number of ether oxygens (including phenoxy) is 1. The van der Waals surface area contributed by atoms with Crippen molar-refractivity contribution in [3.63, 3.8) is 0 Å². The van der Waals surface area contributed by atoms with E-state index in [4.69, 9.17) is 4.74 Å². The van der Waals surface area contributed by atoms with E-state index in [9.17, 15) is 9.59 Å². The van der Waals surface area contributed by atoms with Crippen LogP contribution in [0.25, 0.3) is 0 Å². The number of nitrogens with one attached hydrogen (secondary N) is 2. The van der Waals surface area contributed by atoms with Crippen molar-refractivity contribution >= 4 is 12.4 Å². The predicted molar refractivity (Wildman–Crippen MR) is 59.2 cm³/mol. The molecule has 1 atom stereocenters. The molecule has 0 fully saturated rings. The van der Waals surface area contributed by atoms with E-state index in [-0.39, 0.29) is 5.82 Å². The van der Waals surface area contributed by atoms with Crippen molar-refractivity contribution in [3.05, 3.63) is 12.2 Å². The summed E-state index contributed by atoms with van der Waals surface area (Å²) in [6, 6.07) is 0. The Labute approximate surface area is 99.0 Å². The number of aldehydes is 1. The topological polar surface area (TPSA) is 97.0 Å². The van der Waals surface area contributed by atoms with Crippen molar-refractivity contribution in [2.24, 2.45) is 0 Å². The van der Waals surface area contributed by atoms with E-state index in [1.54, 1.807) is 20.8 Å². The van der Waals surface area contributed by atoms with Crippen molar-refractivity contribution in [1.82, 2.24) is 20.5 Å². The molecule has 0 bridgehead atoms. The highest BCUT2D eigenvalue weighted by atomic mass is 16.6. The summed E-state index contributed by atoms with van der Waals surface area (Å²) in [7, 11) is 0. The summed E-state index contributed by atoms with van der Waals surface area (Å²) in [4.78, 5) is 26.5. The number of alkyl carbamates (subject to hydrolysis) is 1. The average Bonchev–Trinajstić information content (AvgIpc) is 2.67. The summed E-state index contributed by atoms with van der Waals surface area (Å²) >= 11 is 0. The number of hydrogen-bond acceptors (Lipinski definition) is 5. The zero-order chi connectivity index (χ0) is 13.1. The van der Waals surface area contributed by atoms with E-state index in [2.05, 4.69) is 20.5 Å². The van der Waals surface area contributed by atoms with Gasteiger partial charge in [0.25, 0.3) is 0 Å². The molecule has 17 heavy (non-hydrogen) atoms. The van der Waals surface area contributed by atoms with Crippen molar-refractivity contribution in [2.45, 2.75) is 38.8 Å². The predicted octanol–water partition coefficient (Wildman–Crippen LogP) is 0.743. The molecule has 1 heterocycles. The second-order valence-corrected chi connectivity index (χ2v) is 4.78. The van der Waals surface area contributed by atoms with Crippen LogP contribution in [0.15, 0.2) is 6.33 Å². The molecule has 0 aromatic carbocycles. The monoisotopic (exact) mass is 240 g/mol. The van der Waals surface area contributed by atoms with Crippen molar-refractivity contribution < 1.29 is 14.3 Å². The summed E-state index contributed by atoms with van der Waals surface area (Å²) in [6.45, 7) is 6.71. The first-order valence-electron chi connectivity index (χ1n) is 5.10. The summed E-state index contributed by atoms with van der Waals surface area (Å²) in [5.74, 6) is 0.248. The molecule has 1 aromatic heterocycles.